The van der Waals surface area contributed by atoms with Gasteiger partial charge in [0.05, 0.1) is 40.8 Å². The zero-order valence-electron chi connectivity index (χ0n) is 11.7. The van der Waals surface area contributed by atoms with Crippen molar-refractivity contribution >= 4 is 21.1 Å². The van der Waals surface area contributed by atoms with Crippen molar-refractivity contribution < 1.29 is 8.42 Å². The van der Waals surface area contributed by atoms with Crippen LogP contribution in [0.1, 0.15) is 24.6 Å². The van der Waals surface area contributed by atoms with E-state index >= 15 is 0 Å². The first kappa shape index (κ1) is 13.5. The van der Waals surface area contributed by atoms with Crippen molar-refractivity contribution in [2.75, 3.05) is 0 Å². The Hall–Kier alpha value is -2.19. The number of aromatic nitrogens is 4. The van der Waals surface area contributed by atoms with Crippen molar-refractivity contribution in [2.24, 2.45) is 0 Å². The summed E-state index contributed by atoms with van der Waals surface area (Å²) in [6.45, 7) is 0.236. The van der Waals surface area contributed by atoms with Crippen molar-refractivity contribution in [1.29, 1.82) is 0 Å². The molecule has 2 heterocycles. The Labute approximate surface area is 127 Å². The molecule has 1 aliphatic rings. The maximum atomic E-state index is 12.4. The second kappa shape index (κ2) is 4.92. The molecule has 0 aliphatic heterocycles. The molecule has 1 aliphatic carbocycles. The highest BCUT2D eigenvalue weighted by Crippen LogP contribution is 2.35. The molecule has 0 spiro atoms. The van der Waals surface area contributed by atoms with E-state index in [0.717, 1.165) is 24.1 Å². The highest BCUT2D eigenvalue weighted by atomic mass is 32.2. The maximum Gasteiger partial charge on any atom is 0.240 e. The number of nitrogens with one attached hydrogen (secondary N) is 2. The molecule has 22 heavy (non-hydrogen) atoms. The van der Waals surface area contributed by atoms with E-state index in [9.17, 15) is 8.42 Å². The number of fused-ring (bicyclic) bond motifs is 1. The standard InChI is InChI=1S/C14H15N5O2S/c20-22(21,12-3-4-13-14(5-12)17-8-16-13)18-7-11-6-15-9-19(11)10-1-2-10/h3-6,8-10,18H,1-2,7H2,(H,16,17). The Balaban J connectivity index is 1.56. The Kier molecular flexibility index (Phi) is 3.02. The molecule has 3 aromatic rings. The molecule has 2 N–H and O–H groups in total. The van der Waals surface area contributed by atoms with E-state index in [1.165, 1.54) is 0 Å². The van der Waals surface area contributed by atoms with E-state index in [1.54, 1.807) is 37.1 Å². The Bertz CT molecular complexity index is 924. The van der Waals surface area contributed by atoms with Gasteiger partial charge in [0.1, 0.15) is 0 Å². The van der Waals surface area contributed by atoms with Crippen LogP contribution in [0.2, 0.25) is 0 Å². The molecule has 114 valence electrons. The third kappa shape index (κ3) is 2.40. The highest BCUT2D eigenvalue weighted by Gasteiger charge is 2.25. The molecule has 0 amide bonds. The van der Waals surface area contributed by atoms with Crippen molar-refractivity contribution in [1.82, 2.24) is 24.2 Å². The van der Waals surface area contributed by atoms with Gasteiger partial charge >= 0.3 is 0 Å². The van der Waals surface area contributed by atoms with Crippen LogP contribution < -0.4 is 4.72 Å². The average Bonchev–Trinajstić information content (AvgIpc) is 3.07. The van der Waals surface area contributed by atoms with Gasteiger partial charge in [0.25, 0.3) is 0 Å². The molecule has 7 nitrogen and oxygen atoms in total. The van der Waals surface area contributed by atoms with Crippen LogP contribution in [0.3, 0.4) is 0 Å². The molecule has 4 rings (SSSR count). The summed E-state index contributed by atoms with van der Waals surface area (Å²) in [5.74, 6) is 0. The summed E-state index contributed by atoms with van der Waals surface area (Å²) in [6.07, 6.45) is 7.28. The molecule has 0 atom stereocenters. The lowest BCUT2D eigenvalue weighted by Gasteiger charge is -2.09. The minimum absolute atomic E-state index is 0.224. The molecule has 1 saturated carbocycles. The van der Waals surface area contributed by atoms with Crippen molar-refractivity contribution in [3.8, 4) is 0 Å². The second-order valence-corrected chi connectivity index (χ2v) is 7.20. The van der Waals surface area contributed by atoms with Gasteiger partial charge in [-0.15, -0.1) is 0 Å². The zero-order chi connectivity index (χ0) is 15.2. The summed E-state index contributed by atoms with van der Waals surface area (Å²) in [5.41, 5.74) is 2.32. The Morgan fingerprint density at radius 2 is 2.23 bits per heavy atom. The number of hydrogen-bond acceptors (Lipinski definition) is 4. The normalized spacial score (nSPS) is 15.5. The molecule has 2 aromatic heterocycles. The molecule has 8 heteroatoms. The molecular formula is C14H15N5O2S. The number of aromatic amines is 1. The predicted molar refractivity (Wildman–Crippen MR) is 80.6 cm³/mol. The third-order valence-electron chi connectivity index (χ3n) is 3.83. The van der Waals surface area contributed by atoms with Gasteiger partial charge in [-0.3, -0.25) is 0 Å². The van der Waals surface area contributed by atoms with Crippen LogP contribution in [0.5, 0.6) is 0 Å². The fraction of sp³-hybridized carbons (Fsp3) is 0.286. The quantitative estimate of drug-likeness (QED) is 0.747. The van der Waals surface area contributed by atoms with Gasteiger partial charge < -0.3 is 9.55 Å². The Morgan fingerprint density at radius 1 is 1.36 bits per heavy atom. The van der Waals surface area contributed by atoms with Crippen LogP contribution >= 0.6 is 0 Å². The molecule has 0 saturated heterocycles. The van der Waals surface area contributed by atoms with Crippen LogP contribution in [0.4, 0.5) is 0 Å². The van der Waals surface area contributed by atoms with Crippen LogP contribution in [0.15, 0.2) is 41.9 Å². The monoisotopic (exact) mass is 317 g/mol. The lowest BCUT2D eigenvalue weighted by atomic mass is 10.3. The zero-order valence-corrected chi connectivity index (χ0v) is 12.5. The van der Waals surface area contributed by atoms with Gasteiger partial charge in [-0.2, -0.15) is 0 Å². The van der Waals surface area contributed by atoms with Gasteiger partial charge in [-0.1, -0.05) is 0 Å². The maximum absolute atomic E-state index is 12.4. The summed E-state index contributed by atoms with van der Waals surface area (Å²) in [4.78, 5) is 11.3. The second-order valence-electron chi connectivity index (χ2n) is 5.43. The summed E-state index contributed by atoms with van der Waals surface area (Å²) in [6, 6.07) is 5.31. The van der Waals surface area contributed by atoms with Gasteiger partial charge in [0.15, 0.2) is 0 Å². The van der Waals surface area contributed by atoms with E-state index in [0.29, 0.717) is 11.6 Å². The summed E-state index contributed by atoms with van der Waals surface area (Å²) >= 11 is 0. The molecular weight excluding hydrogens is 302 g/mol. The number of H-pyrrole nitrogens is 1. The number of rotatable bonds is 5. The van der Waals surface area contributed by atoms with E-state index in [2.05, 4.69) is 19.7 Å². The molecule has 0 unspecified atom stereocenters. The van der Waals surface area contributed by atoms with Gasteiger partial charge in [0.2, 0.25) is 10.0 Å². The fourth-order valence-electron chi connectivity index (χ4n) is 2.48. The number of sulfonamides is 1. The number of nitrogens with zero attached hydrogens (tertiary/aromatic N) is 3. The van der Waals surface area contributed by atoms with E-state index in [1.807, 2.05) is 4.57 Å². The molecule has 1 fully saturated rings. The van der Waals surface area contributed by atoms with Crippen molar-refractivity contribution in [3.63, 3.8) is 0 Å². The molecule has 1 aromatic carbocycles. The smallest absolute Gasteiger partial charge is 0.240 e. The van der Waals surface area contributed by atoms with Crippen molar-refractivity contribution in [2.45, 2.75) is 30.3 Å². The third-order valence-corrected chi connectivity index (χ3v) is 5.23. The van der Waals surface area contributed by atoms with Gasteiger partial charge in [-0.25, -0.2) is 23.1 Å². The van der Waals surface area contributed by atoms with Crippen molar-refractivity contribution in [3.05, 3.63) is 42.7 Å². The van der Waals surface area contributed by atoms with Crippen LogP contribution in [-0.4, -0.2) is 27.9 Å². The predicted octanol–water partition coefficient (Wildman–Crippen LogP) is 1.57. The first-order chi connectivity index (χ1) is 10.6. The van der Waals surface area contributed by atoms with Crippen LogP contribution in [-0.2, 0) is 16.6 Å². The minimum atomic E-state index is -3.57. The summed E-state index contributed by atoms with van der Waals surface area (Å²) in [5, 5.41) is 0. The van der Waals surface area contributed by atoms with E-state index in [-0.39, 0.29) is 11.4 Å². The van der Waals surface area contributed by atoms with Crippen LogP contribution in [0, 0.1) is 0 Å². The topological polar surface area (TPSA) is 92.7 Å². The minimum Gasteiger partial charge on any atom is -0.345 e. The first-order valence-corrected chi connectivity index (χ1v) is 8.55. The summed E-state index contributed by atoms with van der Waals surface area (Å²) < 4.78 is 29.5. The first-order valence-electron chi connectivity index (χ1n) is 7.07. The Morgan fingerprint density at radius 3 is 3.05 bits per heavy atom. The molecule has 0 bridgehead atoms. The highest BCUT2D eigenvalue weighted by molar-refractivity contribution is 7.89. The lowest BCUT2D eigenvalue weighted by molar-refractivity contribution is 0.576. The fourth-order valence-corrected chi connectivity index (χ4v) is 3.51. The molecule has 0 radical (unpaired) electrons. The average molecular weight is 317 g/mol. The number of hydrogen-bond donors (Lipinski definition) is 2. The number of imidazole rings is 2. The van der Waals surface area contributed by atoms with E-state index in [4.69, 9.17) is 0 Å². The van der Waals surface area contributed by atoms with Gasteiger partial charge in [-0.05, 0) is 31.0 Å². The van der Waals surface area contributed by atoms with E-state index < -0.39 is 10.0 Å². The summed E-state index contributed by atoms with van der Waals surface area (Å²) in [7, 11) is -3.57. The number of benzene rings is 1. The lowest BCUT2D eigenvalue weighted by Crippen LogP contribution is -2.24. The largest absolute Gasteiger partial charge is 0.345 e. The SMILES string of the molecule is O=S(=O)(NCc1cncn1C1CC1)c1ccc2nc[nH]c2c1. The van der Waals surface area contributed by atoms with Crippen LogP contribution in [0.25, 0.3) is 11.0 Å². The van der Waals surface area contributed by atoms with Gasteiger partial charge in [0, 0.05) is 12.2 Å².